The number of aryl methyl sites for hydroxylation is 1. The summed E-state index contributed by atoms with van der Waals surface area (Å²) in [6.07, 6.45) is -5.65. The van der Waals surface area contributed by atoms with Gasteiger partial charge in [-0.2, -0.15) is 18.3 Å². The molecule has 136 valence electrons. The smallest absolute Gasteiger partial charge is 0.433 e. The van der Waals surface area contributed by atoms with Gasteiger partial charge in [-0.1, -0.05) is 0 Å². The van der Waals surface area contributed by atoms with Gasteiger partial charge >= 0.3 is 18.2 Å². The van der Waals surface area contributed by atoms with Crippen molar-refractivity contribution >= 4 is 17.9 Å². The first-order valence-electron chi connectivity index (χ1n) is 7.12. The van der Waals surface area contributed by atoms with Gasteiger partial charge in [-0.3, -0.25) is 9.48 Å². The zero-order valence-electron chi connectivity index (χ0n) is 14.1. The van der Waals surface area contributed by atoms with E-state index in [1.807, 2.05) is 0 Å². The first-order chi connectivity index (χ1) is 10.8. The number of carbonyl (C=O) groups is 2. The molecule has 1 amide bonds. The maximum atomic E-state index is 12.9. The number of amides is 1. The Labute approximate surface area is 137 Å². The van der Waals surface area contributed by atoms with E-state index in [9.17, 15) is 22.8 Å². The number of aromatic nitrogens is 2. The van der Waals surface area contributed by atoms with E-state index in [-0.39, 0.29) is 12.4 Å². The molecule has 0 saturated carbocycles. The third-order valence-electron chi connectivity index (χ3n) is 2.64. The fourth-order valence-electron chi connectivity index (χ4n) is 1.74. The summed E-state index contributed by atoms with van der Waals surface area (Å²) < 4.78 is 49.1. The summed E-state index contributed by atoms with van der Waals surface area (Å²) in [6.45, 7) is 5.79. The van der Waals surface area contributed by atoms with Crippen molar-refractivity contribution in [2.75, 3.05) is 18.1 Å². The molecule has 0 atom stereocenters. The molecule has 0 aromatic carbocycles. The number of rotatable bonds is 4. The zero-order chi connectivity index (χ0) is 18.7. The van der Waals surface area contributed by atoms with Gasteiger partial charge in [0.2, 0.25) is 0 Å². The van der Waals surface area contributed by atoms with Crippen LogP contribution in [0.4, 0.5) is 23.8 Å². The van der Waals surface area contributed by atoms with Crippen molar-refractivity contribution in [3.8, 4) is 0 Å². The minimum atomic E-state index is -4.65. The molecule has 0 aliphatic rings. The van der Waals surface area contributed by atoms with Crippen LogP contribution in [0, 0.1) is 0 Å². The topological polar surface area (TPSA) is 73.7 Å². The number of hydrogen-bond acceptors (Lipinski definition) is 5. The lowest BCUT2D eigenvalue weighted by Crippen LogP contribution is -2.40. The average Bonchev–Trinajstić information content (AvgIpc) is 2.75. The molecule has 1 heterocycles. The number of halogens is 3. The predicted octanol–water partition coefficient (Wildman–Crippen LogP) is 2.74. The number of esters is 1. The van der Waals surface area contributed by atoms with Crippen LogP contribution in [0.5, 0.6) is 0 Å². The molecular weight excluding hydrogens is 331 g/mol. The van der Waals surface area contributed by atoms with Gasteiger partial charge in [-0.05, 0) is 27.7 Å². The van der Waals surface area contributed by atoms with E-state index < -0.39 is 36.1 Å². The number of carbonyl (C=O) groups excluding carboxylic acids is 2. The van der Waals surface area contributed by atoms with Crippen LogP contribution in [0.2, 0.25) is 0 Å². The monoisotopic (exact) mass is 351 g/mol. The first-order valence-corrected chi connectivity index (χ1v) is 7.12. The quantitative estimate of drug-likeness (QED) is 0.780. The molecule has 0 N–H and O–H groups in total. The fraction of sp³-hybridized carbons (Fsp3) is 0.643. The second-order valence-electron chi connectivity index (χ2n) is 5.88. The Morgan fingerprint density at radius 1 is 1.29 bits per heavy atom. The second kappa shape index (κ2) is 7.10. The normalized spacial score (nSPS) is 12.0. The zero-order valence-corrected chi connectivity index (χ0v) is 14.1. The van der Waals surface area contributed by atoms with Gasteiger partial charge in [0.05, 0.1) is 6.61 Å². The highest BCUT2D eigenvalue weighted by molar-refractivity contribution is 5.92. The summed E-state index contributed by atoms with van der Waals surface area (Å²) in [5.41, 5.74) is -1.96. The summed E-state index contributed by atoms with van der Waals surface area (Å²) in [7, 11) is 1.09. The Kier molecular flexibility index (Phi) is 5.85. The molecule has 0 aliphatic heterocycles. The highest BCUT2D eigenvalue weighted by Crippen LogP contribution is 2.31. The first kappa shape index (κ1) is 19.8. The molecule has 7 nitrogen and oxygen atoms in total. The molecule has 1 aromatic rings. The number of hydrogen-bond donors (Lipinski definition) is 0. The maximum absolute atomic E-state index is 12.9. The van der Waals surface area contributed by atoms with Crippen LogP contribution in [-0.2, 0) is 27.5 Å². The van der Waals surface area contributed by atoms with E-state index in [1.165, 1.54) is 0 Å². The van der Waals surface area contributed by atoms with Crippen molar-refractivity contribution in [3.63, 3.8) is 0 Å². The highest BCUT2D eigenvalue weighted by atomic mass is 19.4. The van der Waals surface area contributed by atoms with E-state index in [0.717, 1.165) is 7.05 Å². The Morgan fingerprint density at radius 3 is 2.29 bits per heavy atom. The van der Waals surface area contributed by atoms with Gasteiger partial charge in [0.25, 0.3) is 0 Å². The molecule has 24 heavy (non-hydrogen) atoms. The predicted molar refractivity (Wildman–Crippen MR) is 78.4 cm³/mol. The Hall–Kier alpha value is -2.26. The number of alkyl halides is 3. The number of ether oxygens (including phenoxy) is 2. The van der Waals surface area contributed by atoms with Crippen LogP contribution in [-0.4, -0.2) is 40.6 Å². The standard InChI is InChI=1S/C14H20F3N3O4/c1-6-23-11(21)8-20(12(22)24-13(2,3)4)10-7-9(14(15,16)17)19(5)18-10/h7H,6,8H2,1-5H3. The molecule has 0 saturated heterocycles. The van der Waals surface area contributed by atoms with E-state index in [4.69, 9.17) is 9.47 Å². The van der Waals surface area contributed by atoms with Crippen LogP contribution in [0.3, 0.4) is 0 Å². The highest BCUT2D eigenvalue weighted by Gasteiger charge is 2.37. The van der Waals surface area contributed by atoms with Crippen molar-refractivity contribution < 1.29 is 32.2 Å². The van der Waals surface area contributed by atoms with Crippen LogP contribution in [0.15, 0.2) is 6.07 Å². The van der Waals surface area contributed by atoms with Gasteiger partial charge in [0.15, 0.2) is 5.82 Å². The number of nitrogens with zero attached hydrogens (tertiary/aromatic N) is 3. The SMILES string of the molecule is CCOC(=O)CN(C(=O)OC(C)(C)C)c1cc(C(F)(F)F)n(C)n1. The van der Waals surface area contributed by atoms with Crippen LogP contribution < -0.4 is 4.90 Å². The summed E-state index contributed by atoms with van der Waals surface area (Å²) in [5, 5.41) is 3.66. The van der Waals surface area contributed by atoms with Gasteiger partial charge in [-0.15, -0.1) is 0 Å². The minimum Gasteiger partial charge on any atom is -0.465 e. The molecule has 0 spiro atoms. The molecule has 1 aromatic heterocycles. The number of anilines is 1. The van der Waals surface area contributed by atoms with E-state index in [0.29, 0.717) is 15.6 Å². The van der Waals surface area contributed by atoms with Gasteiger partial charge in [0.1, 0.15) is 17.8 Å². The molecule has 0 radical (unpaired) electrons. The van der Waals surface area contributed by atoms with Gasteiger partial charge in [-0.25, -0.2) is 9.69 Å². The lowest BCUT2D eigenvalue weighted by molar-refractivity contribution is -0.143. The van der Waals surface area contributed by atoms with Crippen molar-refractivity contribution in [1.82, 2.24) is 9.78 Å². The molecule has 0 aliphatic carbocycles. The second-order valence-corrected chi connectivity index (χ2v) is 5.88. The van der Waals surface area contributed by atoms with Crippen molar-refractivity contribution in [2.24, 2.45) is 7.05 Å². The average molecular weight is 351 g/mol. The molecule has 0 bridgehead atoms. The molecular formula is C14H20F3N3O4. The third kappa shape index (κ3) is 5.43. The van der Waals surface area contributed by atoms with Crippen molar-refractivity contribution in [3.05, 3.63) is 11.8 Å². The van der Waals surface area contributed by atoms with Crippen molar-refractivity contribution in [1.29, 1.82) is 0 Å². The molecule has 0 fully saturated rings. The maximum Gasteiger partial charge on any atom is 0.433 e. The Bertz CT molecular complexity index is 605. The van der Waals surface area contributed by atoms with Crippen LogP contribution >= 0.6 is 0 Å². The van der Waals surface area contributed by atoms with E-state index in [2.05, 4.69) is 5.10 Å². The summed E-state index contributed by atoms with van der Waals surface area (Å²) in [4.78, 5) is 24.6. The van der Waals surface area contributed by atoms with Gasteiger partial charge < -0.3 is 9.47 Å². The summed E-state index contributed by atoms with van der Waals surface area (Å²) in [5.74, 6) is -1.14. The third-order valence-corrected chi connectivity index (χ3v) is 2.64. The Balaban J connectivity index is 3.18. The van der Waals surface area contributed by atoms with E-state index >= 15 is 0 Å². The van der Waals surface area contributed by atoms with Crippen molar-refractivity contribution in [2.45, 2.75) is 39.5 Å². The summed E-state index contributed by atoms with van der Waals surface area (Å²) >= 11 is 0. The lowest BCUT2D eigenvalue weighted by atomic mass is 10.2. The largest absolute Gasteiger partial charge is 0.465 e. The van der Waals surface area contributed by atoms with Crippen LogP contribution in [0.1, 0.15) is 33.4 Å². The molecule has 1 rings (SSSR count). The minimum absolute atomic E-state index is 0.0665. The molecule has 10 heteroatoms. The Morgan fingerprint density at radius 2 is 1.88 bits per heavy atom. The van der Waals surface area contributed by atoms with E-state index in [1.54, 1.807) is 27.7 Å². The molecule has 0 unspecified atom stereocenters. The fourth-order valence-corrected chi connectivity index (χ4v) is 1.74. The van der Waals surface area contributed by atoms with Crippen LogP contribution in [0.25, 0.3) is 0 Å². The van der Waals surface area contributed by atoms with Gasteiger partial charge in [0, 0.05) is 13.1 Å². The lowest BCUT2D eigenvalue weighted by Gasteiger charge is -2.25. The summed E-state index contributed by atoms with van der Waals surface area (Å²) in [6, 6.07) is 0.670.